The van der Waals surface area contributed by atoms with Gasteiger partial charge in [0.25, 0.3) is 0 Å². The molecule has 0 aromatic rings. The van der Waals surface area contributed by atoms with E-state index >= 15 is 0 Å². The van der Waals surface area contributed by atoms with Gasteiger partial charge in [-0.15, -0.1) is 0 Å². The molecular formula is C26H54O3S. The van der Waals surface area contributed by atoms with Gasteiger partial charge in [-0.1, -0.05) is 128 Å². The second kappa shape index (κ2) is 25.5. The van der Waals surface area contributed by atoms with Crippen LogP contribution in [0.25, 0.3) is 0 Å². The van der Waals surface area contributed by atoms with Crippen LogP contribution >= 0.6 is 0 Å². The van der Waals surface area contributed by atoms with E-state index in [1.165, 1.54) is 109 Å². The molecule has 2 atom stereocenters. The third-order valence-electron chi connectivity index (χ3n) is 5.90. The Balaban J connectivity index is 3.43. The number of aliphatic hydroxyl groups is 1. The first kappa shape index (κ1) is 30.2. The highest BCUT2D eigenvalue weighted by Crippen LogP contribution is 2.13. The zero-order valence-corrected chi connectivity index (χ0v) is 21.3. The summed E-state index contributed by atoms with van der Waals surface area (Å²) in [6, 6.07) is 0. The molecule has 0 saturated carbocycles. The molecule has 0 amide bonds. The Bertz CT molecular complexity index is 315. The molecule has 1 N–H and O–H groups in total. The molecule has 4 heteroatoms. The van der Waals surface area contributed by atoms with Crippen molar-refractivity contribution in [3.05, 3.63) is 0 Å². The summed E-state index contributed by atoms with van der Waals surface area (Å²) in [5.41, 5.74) is 0. The smallest absolute Gasteiger partial charge is 0.133 e. The minimum Gasteiger partial charge on any atom is -0.616 e. The fourth-order valence-electron chi connectivity index (χ4n) is 3.86. The summed E-state index contributed by atoms with van der Waals surface area (Å²) in [5, 5.41) is 9.50. The minimum atomic E-state index is -0.862. The number of rotatable bonds is 25. The van der Waals surface area contributed by atoms with Gasteiger partial charge in [-0.25, -0.2) is 0 Å². The summed E-state index contributed by atoms with van der Waals surface area (Å²) in [7, 11) is 0. The van der Waals surface area contributed by atoms with E-state index in [0.29, 0.717) is 12.4 Å². The highest BCUT2D eigenvalue weighted by molar-refractivity contribution is 7.91. The molecule has 2 unspecified atom stereocenters. The van der Waals surface area contributed by atoms with Crippen molar-refractivity contribution in [1.29, 1.82) is 0 Å². The van der Waals surface area contributed by atoms with Gasteiger partial charge in [-0.2, -0.15) is 0 Å². The van der Waals surface area contributed by atoms with E-state index in [-0.39, 0.29) is 12.7 Å². The second-order valence-corrected chi connectivity index (χ2v) is 10.6. The molecule has 0 spiro atoms. The first-order chi connectivity index (χ1) is 14.7. The van der Waals surface area contributed by atoms with Crippen LogP contribution in [0.15, 0.2) is 0 Å². The monoisotopic (exact) mass is 446 g/mol. The van der Waals surface area contributed by atoms with E-state index in [0.717, 1.165) is 18.6 Å². The third-order valence-corrected chi connectivity index (χ3v) is 7.39. The van der Waals surface area contributed by atoms with Gasteiger partial charge in [0.1, 0.15) is 17.6 Å². The maximum absolute atomic E-state index is 12.3. The van der Waals surface area contributed by atoms with Gasteiger partial charge in [-0.05, 0) is 19.3 Å². The van der Waals surface area contributed by atoms with Crippen LogP contribution < -0.4 is 0 Å². The summed E-state index contributed by atoms with van der Waals surface area (Å²) in [4.78, 5) is 0. The normalized spacial score (nSPS) is 13.6. The lowest BCUT2D eigenvalue weighted by Crippen LogP contribution is -2.29. The molecule has 182 valence electrons. The van der Waals surface area contributed by atoms with Gasteiger partial charge >= 0.3 is 0 Å². The quantitative estimate of drug-likeness (QED) is 0.116. The summed E-state index contributed by atoms with van der Waals surface area (Å²) >= 11 is -0.862. The number of aliphatic hydroxyl groups excluding tert-OH is 1. The summed E-state index contributed by atoms with van der Waals surface area (Å²) in [5.74, 6) is 1.25. The second-order valence-electron chi connectivity index (χ2n) is 9.00. The zero-order valence-electron chi connectivity index (χ0n) is 20.5. The molecule has 0 aromatic heterocycles. The predicted octanol–water partition coefficient (Wildman–Crippen LogP) is 7.56. The molecule has 0 aromatic carbocycles. The lowest BCUT2D eigenvalue weighted by atomic mass is 10.1. The molecule has 0 aliphatic heterocycles. The maximum Gasteiger partial charge on any atom is 0.133 e. The van der Waals surface area contributed by atoms with Crippen LogP contribution in [0.5, 0.6) is 0 Å². The molecule has 0 heterocycles. The average molecular weight is 447 g/mol. The van der Waals surface area contributed by atoms with Gasteiger partial charge in [-0.3, -0.25) is 0 Å². The van der Waals surface area contributed by atoms with E-state index in [4.69, 9.17) is 4.74 Å². The summed E-state index contributed by atoms with van der Waals surface area (Å²) in [6.07, 6.45) is 24.5. The van der Waals surface area contributed by atoms with Gasteiger partial charge in [0.2, 0.25) is 0 Å². The lowest BCUT2D eigenvalue weighted by Gasteiger charge is -2.18. The third kappa shape index (κ3) is 22.9. The number of hydrogen-bond acceptors (Lipinski definition) is 3. The maximum atomic E-state index is 12.3. The standard InChI is InChI=1S/C26H54O3S/c1-3-5-7-9-11-13-14-15-17-19-21-23-30(28)25-26(24-27)29-22-20-18-16-12-10-8-6-4-2/h26-27H,3-25H2,1-2H3. The minimum absolute atomic E-state index is 0.0129. The number of unbranched alkanes of at least 4 members (excludes halogenated alkanes) is 17. The van der Waals surface area contributed by atoms with Crippen molar-refractivity contribution in [2.24, 2.45) is 0 Å². The van der Waals surface area contributed by atoms with Gasteiger partial charge in [0.15, 0.2) is 0 Å². The van der Waals surface area contributed by atoms with E-state index in [2.05, 4.69) is 13.8 Å². The molecule has 0 saturated heterocycles. The molecule has 0 aliphatic rings. The predicted molar refractivity (Wildman–Crippen MR) is 134 cm³/mol. The Labute approximate surface area is 192 Å². The van der Waals surface area contributed by atoms with Crippen LogP contribution in [-0.4, -0.2) is 40.5 Å². The van der Waals surface area contributed by atoms with Crippen molar-refractivity contribution in [3.8, 4) is 0 Å². The Morgan fingerprint density at radius 1 is 0.633 bits per heavy atom. The Kier molecular flexibility index (Phi) is 25.7. The molecule has 0 rings (SSSR count). The molecule has 0 fully saturated rings. The van der Waals surface area contributed by atoms with Crippen molar-refractivity contribution in [3.63, 3.8) is 0 Å². The van der Waals surface area contributed by atoms with E-state index in [1.54, 1.807) is 0 Å². The van der Waals surface area contributed by atoms with Crippen LogP contribution in [0.3, 0.4) is 0 Å². The van der Waals surface area contributed by atoms with Crippen LogP contribution in [-0.2, 0) is 15.9 Å². The Morgan fingerprint density at radius 3 is 1.47 bits per heavy atom. The Hall–Kier alpha value is 0.230. The van der Waals surface area contributed by atoms with E-state index in [9.17, 15) is 9.66 Å². The van der Waals surface area contributed by atoms with Crippen molar-refractivity contribution in [2.75, 3.05) is 24.7 Å². The molecule has 30 heavy (non-hydrogen) atoms. The fourth-order valence-corrected chi connectivity index (χ4v) is 5.17. The molecule has 0 aliphatic carbocycles. The zero-order chi connectivity index (χ0) is 22.1. The van der Waals surface area contributed by atoms with Crippen molar-refractivity contribution in [1.82, 2.24) is 0 Å². The highest BCUT2D eigenvalue weighted by atomic mass is 32.2. The molecule has 0 bridgehead atoms. The highest BCUT2D eigenvalue weighted by Gasteiger charge is 2.16. The summed E-state index contributed by atoms with van der Waals surface area (Å²) in [6.45, 7) is 5.19. The van der Waals surface area contributed by atoms with Crippen LogP contribution in [0.1, 0.15) is 136 Å². The fraction of sp³-hybridized carbons (Fsp3) is 1.00. The van der Waals surface area contributed by atoms with E-state index in [1.807, 2.05) is 0 Å². The number of hydrogen-bond donors (Lipinski definition) is 1. The van der Waals surface area contributed by atoms with Gasteiger partial charge < -0.3 is 14.4 Å². The van der Waals surface area contributed by atoms with Gasteiger partial charge in [0, 0.05) is 6.61 Å². The van der Waals surface area contributed by atoms with E-state index < -0.39 is 11.2 Å². The van der Waals surface area contributed by atoms with Crippen molar-refractivity contribution in [2.45, 2.75) is 142 Å². The topological polar surface area (TPSA) is 52.5 Å². The lowest BCUT2D eigenvalue weighted by molar-refractivity contribution is 0.0250. The number of ether oxygens (including phenoxy) is 1. The molecule has 3 nitrogen and oxygen atoms in total. The van der Waals surface area contributed by atoms with Crippen LogP contribution in [0.4, 0.5) is 0 Å². The Morgan fingerprint density at radius 2 is 1.03 bits per heavy atom. The van der Waals surface area contributed by atoms with Crippen LogP contribution in [0.2, 0.25) is 0 Å². The first-order valence-corrected chi connectivity index (χ1v) is 14.8. The first-order valence-electron chi connectivity index (χ1n) is 13.3. The van der Waals surface area contributed by atoms with Crippen molar-refractivity contribution < 1.29 is 14.4 Å². The SMILES string of the molecule is CCCCCCCCCCCCC[S+]([O-])CC(CO)OCCCCCCCCCC. The van der Waals surface area contributed by atoms with Crippen LogP contribution in [0, 0.1) is 0 Å². The summed E-state index contributed by atoms with van der Waals surface area (Å²) < 4.78 is 18.0. The molecular weight excluding hydrogens is 392 g/mol. The average Bonchev–Trinajstić information content (AvgIpc) is 2.75. The largest absolute Gasteiger partial charge is 0.616 e. The van der Waals surface area contributed by atoms with Crippen molar-refractivity contribution >= 4 is 11.2 Å². The van der Waals surface area contributed by atoms with Gasteiger partial charge in [0.05, 0.1) is 6.61 Å². The molecule has 0 radical (unpaired) electrons.